The van der Waals surface area contributed by atoms with E-state index in [1.54, 1.807) is 12.1 Å². The third kappa shape index (κ3) is 2.34. The molecule has 0 aromatic heterocycles. The van der Waals surface area contributed by atoms with E-state index < -0.39 is 11.6 Å². The van der Waals surface area contributed by atoms with E-state index >= 15 is 0 Å². The van der Waals surface area contributed by atoms with Crippen molar-refractivity contribution in [1.82, 2.24) is 0 Å². The molecule has 0 spiro atoms. The van der Waals surface area contributed by atoms with Crippen molar-refractivity contribution < 1.29 is 18.3 Å². The molecule has 0 atom stereocenters. The third-order valence-corrected chi connectivity index (χ3v) is 3.11. The first-order valence-electron chi connectivity index (χ1n) is 6.10. The number of fused-ring (bicyclic) bond motifs is 1. The van der Waals surface area contributed by atoms with Crippen LogP contribution >= 0.6 is 0 Å². The van der Waals surface area contributed by atoms with Gasteiger partial charge in [-0.05, 0) is 18.2 Å². The highest BCUT2D eigenvalue weighted by atomic mass is 19.1. The molecular formula is C15H11F2NO2. The number of benzene rings is 2. The van der Waals surface area contributed by atoms with Gasteiger partial charge in [-0.3, -0.25) is 4.79 Å². The van der Waals surface area contributed by atoms with E-state index in [4.69, 9.17) is 4.74 Å². The van der Waals surface area contributed by atoms with Crippen molar-refractivity contribution in [2.75, 3.05) is 11.5 Å². The van der Waals surface area contributed by atoms with E-state index in [1.807, 2.05) is 12.1 Å². The number of carbonyl (C=O) groups is 1. The zero-order chi connectivity index (χ0) is 14.1. The van der Waals surface area contributed by atoms with Crippen LogP contribution < -0.4 is 9.64 Å². The Kier molecular flexibility index (Phi) is 3.10. The fraction of sp³-hybridized carbons (Fsp3) is 0.133. The highest BCUT2D eigenvalue weighted by Crippen LogP contribution is 2.27. The molecule has 0 fully saturated rings. The minimum absolute atomic E-state index is 0.158. The predicted octanol–water partition coefficient (Wildman–Crippen LogP) is 2.89. The number of halogens is 2. The van der Waals surface area contributed by atoms with E-state index in [0.29, 0.717) is 5.75 Å². The second kappa shape index (κ2) is 4.92. The first-order valence-corrected chi connectivity index (χ1v) is 6.10. The van der Waals surface area contributed by atoms with Gasteiger partial charge in [-0.1, -0.05) is 18.2 Å². The number of nitrogens with zero attached hydrogens (tertiary/aromatic N) is 1. The van der Waals surface area contributed by atoms with Gasteiger partial charge in [0.25, 0.3) is 5.91 Å². The van der Waals surface area contributed by atoms with Crippen LogP contribution in [0, 0.1) is 11.6 Å². The molecule has 2 aromatic rings. The Hall–Kier alpha value is -2.43. The number of ether oxygens (including phenoxy) is 1. The van der Waals surface area contributed by atoms with Crippen molar-refractivity contribution in [2.24, 2.45) is 0 Å². The second-order valence-corrected chi connectivity index (χ2v) is 4.50. The summed E-state index contributed by atoms with van der Waals surface area (Å²) in [7, 11) is 0. The van der Waals surface area contributed by atoms with Crippen molar-refractivity contribution >= 4 is 11.6 Å². The summed E-state index contributed by atoms with van der Waals surface area (Å²) < 4.78 is 32.0. The average molecular weight is 275 g/mol. The lowest BCUT2D eigenvalue weighted by Gasteiger charge is -2.20. The maximum atomic E-state index is 13.3. The van der Waals surface area contributed by atoms with Gasteiger partial charge in [-0.15, -0.1) is 0 Å². The van der Waals surface area contributed by atoms with Crippen molar-refractivity contribution in [3.63, 3.8) is 0 Å². The molecule has 1 heterocycles. The zero-order valence-electron chi connectivity index (χ0n) is 10.5. The Balaban J connectivity index is 2.02. The summed E-state index contributed by atoms with van der Waals surface area (Å²) >= 11 is 0. The molecule has 3 rings (SSSR count). The van der Waals surface area contributed by atoms with Crippen molar-refractivity contribution in [2.45, 2.75) is 6.54 Å². The minimum Gasteiger partial charge on any atom is -0.483 e. The van der Waals surface area contributed by atoms with E-state index in [0.717, 1.165) is 23.8 Å². The monoisotopic (exact) mass is 275 g/mol. The number of anilines is 1. The number of carbonyl (C=O) groups excluding carboxylic acids is 1. The van der Waals surface area contributed by atoms with Crippen LogP contribution in [-0.4, -0.2) is 12.5 Å². The molecule has 20 heavy (non-hydrogen) atoms. The van der Waals surface area contributed by atoms with Crippen molar-refractivity contribution in [1.29, 1.82) is 0 Å². The normalized spacial score (nSPS) is 14.5. The van der Waals surface area contributed by atoms with E-state index in [9.17, 15) is 13.6 Å². The van der Waals surface area contributed by atoms with Gasteiger partial charge in [-0.25, -0.2) is 8.78 Å². The van der Waals surface area contributed by atoms with Crippen LogP contribution in [0.4, 0.5) is 14.5 Å². The molecule has 3 nitrogen and oxygen atoms in total. The summed E-state index contributed by atoms with van der Waals surface area (Å²) in [6, 6.07) is 10.2. The highest BCUT2D eigenvalue weighted by molar-refractivity contribution is 5.95. The van der Waals surface area contributed by atoms with Gasteiger partial charge in [0.05, 0.1) is 6.54 Å². The molecule has 2 aromatic carbocycles. The lowest BCUT2D eigenvalue weighted by molar-refractivity contribution is -0.120. The van der Waals surface area contributed by atoms with Crippen molar-refractivity contribution in [3.8, 4) is 5.75 Å². The molecule has 0 unspecified atom stereocenters. The summed E-state index contributed by atoms with van der Waals surface area (Å²) in [5, 5.41) is 0. The number of para-hydroxylation sites is 1. The largest absolute Gasteiger partial charge is 0.483 e. The van der Waals surface area contributed by atoms with Crippen LogP contribution in [0.25, 0.3) is 0 Å². The summed E-state index contributed by atoms with van der Waals surface area (Å²) in [4.78, 5) is 13.4. The molecule has 0 radical (unpaired) electrons. The first kappa shape index (κ1) is 12.6. The summed E-state index contributed by atoms with van der Waals surface area (Å²) in [6.07, 6.45) is 0. The first-order chi connectivity index (χ1) is 9.63. The van der Waals surface area contributed by atoms with Crippen LogP contribution in [0.2, 0.25) is 0 Å². The molecular weight excluding hydrogens is 264 g/mol. The quantitative estimate of drug-likeness (QED) is 0.801. The van der Waals surface area contributed by atoms with Gasteiger partial charge in [0.1, 0.15) is 17.4 Å². The molecule has 1 aliphatic heterocycles. The molecule has 0 N–H and O–H groups in total. The second-order valence-electron chi connectivity index (χ2n) is 4.50. The lowest BCUT2D eigenvalue weighted by atomic mass is 10.1. The van der Waals surface area contributed by atoms with Crippen LogP contribution in [0.3, 0.4) is 0 Å². The fourth-order valence-electron chi connectivity index (χ4n) is 2.18. The molecule has 5 heteroatoms. The molecule has 0 saturated carbocycles. The molecule has 102 valence electrons. The topological polar surface area (TPSA) is 29.5 Å². The van der Waals surface area contributed by atoms with Crippen LogP contribution in [0.5, 0.6) is 5.75 Å². The molecule has 0 aliphatic carbocycles. The lowest BCUT2D eigenvalue weighted by Crippen LogP contribution is -2.32. The van der Waals surface area contributed by atoms with Crippen molar-refractivity contribution in [3.05, 3.63) is 59.7 Å². The average Bonchev–Trinajstić information content (AvgIpc) is 2.58. The molecule has 1 aliphatic rings. The fourth-order valence-corrected chi connectivity index (χ4v) is 2.18. The highest BCUT2D eigenvalue weighted by Gasteiger charge is 2.23. The molecule has 1 amide bonds. The van der Waals surface area contributed by atoms with Crippen LogP contribution in [0.1, 0.15) is 5.56 Å². The smallest absolute Gasteiger partial charge is 0.265 e. The van der Waals surface area contributed by atoms with Gasteiger partial charge in [-0.2, -0.15) is 0 Å². The van der Waals surface area contributed by atoms with Gasteiger partial charge in [0.2, 0.25) is 0 Å². The van der Waals surface area contributed by atoms with E-state index in [2.05, 4.69) is 0 Å². The maximum absolute atomic E-state index is 13.3. The summed E-state index contributed by atoms with van der Waals surface area (Å²) in [5.41, 5.74) is 0.982. The number of rotatable bonds is 1. The zero-order valence-corrected chi connectivity index (χ0v) is 10.5. The predicted molar refractivity (Wildman–Crippen MR) is 69.5 cm³/mol. The Morgan fingerprint density at radius 2 is 1.75 bits per heavy atom. The molecule has 0 saturated heterocycles. The van der Waals surface area contributed by atoms with E-state index in [-0.39, 0.29) is 24.7 Å². The minimum atomic E-state index is -0.716. The Morgan fingerprint density at radius 1 is 1.05 bits per heavy atom. The summed E-state index contributed by atoms with van der Waals surface area (Å²) in [5.74, 6) is -1.16. The molecule has 0 bridgehead atoms. The maximum Gasteiger partial charge on any atom is 0.265 e. The number of hydrogen-bond donors (Lipinski definition) is 0. The van der Waals surface area contributed by atoms with Gasteiger partial charge in [0.15, 0.2) is 6.61 Å². The Bertz CT molecular complexity index is 652. The van der Waals surface area contributed by atoms with E-state index in [1.165, 1.54) is 4.90 Å². The van der Waals surface area contributed by atoms with Crippen LogP contribution in [0.15, 0.2) is 42.5 Å². The van der Waals surface area contributed by atoms with Gasteiger partial charge >= 0.3 is 0 Å². The Morgan fingerprint density at radius 3 is 2.50 bits per heavy atom. The standard InChI is InChI=1S/C15H11F2NO2/c16-11-5-12(17)7-13(6-11)18-8-10-3-1-2-4-14(10)20-9-15(18)19/h1-7H,8-9H2. The van der Waals surface area contributed by atoms with Gasteiger partial charge < -0.3 is 9.64 Å². The number of amides is 1. The summed E-state index contributed by atoms with van der Waals surface area (Å²) in [6.45, 7) is 0.0625. The van der Waals surface area contributed by atoms with Crippen LogP contribution in [-0.2, 0) is 11.3 Å². The van der Waals surface area contributed by atoms with Gasteiger partial charge in [0, 0.05) is 17.3 Å². The Labute approximate surface area is 114 Å². The number of hydrogen-bond acceptors (Lipinski definition) is 2. The SMILES string of the molecule is O=C1COc2ccccc2CN1c1cc(F)cc(F)c1. The third-order valence-electron chi connectivity index (χ3n) is 3.11.